The summed E-state index contributed by atoms with van der Waals surface area (Å²) in [7, 11) is 0. The molecule has 25 heavy (non-hydrogen) atoms. The molecule has 0 aliphatic heterocycles. The average Bonchev–Trinajstić information content (AvgIpc) is 2.56. The van der Waals surface area contributed by atoms with Crippen LogP contribution in [0.1, 0.15) is 20.8 Å². The second-order valence-electron chi connectivity index (χ2n) is 6.45. The van der Waals surface area contributed by atoms with Crippen LogP contribution in [0.3, 0.4) is 0 Å². The number of para-hydroxylation sites is 1. The molecule has 0 spiro atoms. The van der Waals surface area contributed by atoms with E-state index in [1.54, 1.807) is 45.2 Å². The van der Waals surface area contributed by atoms with Crippen LogP contribution in [0.2, 0.25) is 0 Å². The van der Waals surface area contributed by atoms with Crippen LogP contribution in [0.4, 0.5) is 11.5 Å². The summed E-state index contributed by atoms with van der Waals surface area (Å²) in [6.07, 6.45) is 2.91. The molecule has 0 radical (unpaired) electrons. The molecule has 2 rings (SSSR count). The van der Waals surface area contributed by atoms with Crippen molar-refractivity contribution in [3.8, 4) is 0 Å². The van der Waals surface area contributed by atoms with Gasteiger partial charge in [-0.25, -0.2) is 4.98 Å². The van der Waals surface area contributed by atoms with Crippen LogP contribution >= 0.6 is 15.9 Å². The maximum absolute atomic E-state index is 12.6. The largest absolute Gasteiger partial charge is 0.350 e. The van der Waals surface area contributed by atoms with E-state index in [0.717, 1.165) is 4.47 Å². The van der Waals surface area contributed by atoms with Gasteiger partial charge >= 0.3 is 0 Å². The fourth-order valence-corrected chi connectivity index (χ4v) is 2.22. The lowest BCUT2D eigenvalue weighted by Crippen LogP contribution is -2.25. The maximum Gasteiger partial charge on any atom is 0.273 e. The smallest absolute Gasteiger partial charge is 0.273 e. The summed E-state index contributed by atoms with van der Waals surface area (Å²) in [5, 5.41) is 5.71. The molecular formula is C19H20BrN3O2. The second-order valence-corrected chi connectivity index (χ2v) is 7.30. The molecule has 0 unspecified atom stereocenters. The summed E-state index contributed by atoms with van der Waals surface area (Å²) < 4.78 is 0.787. The van der Waals surface area contributed by atoms with Gasteiger partial charge in [0, 0.05) is 22.2 Å². The van der Waals surface area contributed by atoms with Crippen molar-refractivity contribution in [2.24, 2.45) is 5.41 Å². The predicted octanol–water partition coefficient (Wildman–Crippen LogP) is 4.39. The number of allylic oxidation sites excluding steroid dienone is 1. The van der Waals surface area contributed by atoms with Crippen molar-refractivity contribution in [2.75, 3.05) is 10.6 Å². The van der Waals surface area contributed by atoms with E-state index in [2.05, 4.69) is 31.5 Å². The number of nitrogens with one attached hydrogen (secondary N) is 2. The van der Waals surface area contributed by atoms with Crippen LogP contribution in [0.5, 0.6) is 0 Å². The Kier molecular flexibility index (Phi) is 6.09. The van der Waals surface area contributed by atoms with E-state index < -0.39 is 11.3 Å². The molecule has 1 aromatic heterocycles. The molecule has 130 valence electrons. The lowest BCUT2D eigenvalue weighted by molar-refractivity contribution is -0.122. The number of nitrogens with zero attached hydrogens (tertiary/aromatic N) is 1. The molecule has 0 bridgehead atoms. The van der Waals surface area contributed by atoms with E-state index in [4.69, 9.17) is 0 Å². The maximum atomic E-state index is 12.6. The average molecular weight is 402 g/mol. The first-order valence-corrected chi connectivity index (χ1v) is 8.57. The third-order valence-corrected chi connectivity index (χ3v) is 4.00. The minimum absolute atomic E-state index is 0.150. The molecule has 1 amide bonds. The number of carbonyl (C=O) groups excluding carboxylic acids is 2. The summed E-state index contributed by atoms with van der Waals surface area (Å²) in [6.45, 7) is 5.41. The van der Waals surface area contributed by atoms with Crippen molar-refractivity contribution in [2.45, 2.75) is 20.8 Å². The SMILES string of the molecule is CC(C)(C)C(=O)C=C(Nc1ccccc1Br)C(=O)Nc1ccccn1. The standard InChI is InChI=1S/C19H20BrN3O2/c1-19(2,3)16(24)12-15(22-14-9-5-4-8-13(14)20)18(25)23-17-10-6-7-11-21-17/h4-12,22H,1-3H3,(H,21,23,25). The van der Waals surface area contributed by atoms with E-state index in [9.17, 15) is 9.59 Å². The molecule has 0 aliphatic carbocycles. The van der Waals surface area contributed by atoms with Crippen molar-refractivity contribution >= 4 is 39.1 Å². The van der Waals surface area contributed by atoms with Gasteiger partial charge in [0.1, 0.15) is 11.5 Å². The molecule has 0 atom stereocenters. The first-order chi connectivity index (χ1) is 11.8. The number of rotatable bonds is 5. The van der Waals surface area contributed by atoms with Gasteiger partial charge in [-0.15, -0.1) is 0 Å². The Morgan fingerprint density at radius 3 is 2.32 bits per heavy atom. The van der Waals surface area contributed by atoms with Gasteiger partial charge in [0.25, 0.3) is 5.91 Å². The number of amides is 1. The third kappa shape index (κ3) is 5.53. The van der Waals surface area contributed by atoms with E-state index >= 15 is 0 Å². The molecule has 1 heterocycles. The number of anilines is 2. The molecule has 0 saturated carbocycles. The first-order valence-electron chi connectivity index (χ1n) is 7.77. The van der Waals surface area contributed by atoms with Crippen LogP contribution in [0.15, 0.2) is 64.9 Å². The zero-order chi connectivity index (χ0) is 18.4. The van der Waals surface area contributed by atoms with Crippen LogP contribution in [-0.4, -0.2) is 16.7 Å². The van der Waals surface area contributed by atoms with Gasteiger partial charge in [-0.3, -0.25) is 9.59 Å². The van der Waals surface area contributed by atoms with Crippen molar-refractivity contribution in [3.63, 3.8) is 0 Å². The second kappa shape index (κ2) is 8.07. The topological polar surface area (TPSA) is 71.1 Å². The summed E-state index contributed by atoms with van der Waals surface area (Å²) in [5.74, 6) is -0.180. The van der Waals surface area contributed by atoms with Gasteiger partial charge in [-0.2, -0.15) is 0 Å². The zero-order valence-electron chi connectivity index (χ0n) is 14.3. The number of pyridine rings is 1. The Morgan fingerprint density at radius 2 is 1.72 bits per heavy atom. The molecule has 1 aromatic carbocycles. The summed E-state index contributed by atoms with van der Waals surface area (Å²) in [6, 6.07) is 12.6. The van der Waals surface area contributed by atoms with E-state index in [1.165, 1.54) is 6.08 Å². The fourth-order valence-electron chi connectivity index (χ4n) is 1.83. The zero-order valence-corrected chi connectivity index (χ0v) is 15.9. The Hall–Kier alpha value is -2.47. The monoisotopic (exact) mass is 401 g/mol. The first kappa shape index (κ1) is 18.9. The Bertz CT molecular complexity index is 796. The normalized spacial score (nSPS) is 11.8. The highest BCUT2D eigenvalue weighted by atomic mass is 79.9. The minimum Gasteiger partial charge on any atom is -0.350 e. The van der Waals surface area contributed by atoms with Crippen LogP contribution in [0, 0.1) is 5.41 Å². The number of carbonyl (C=O) groups is 2. The van der Waals surface area contributed by atoms with Crippen LogP contribution in [0.25, 0.3) is 0 Å². The van der Waals surface area contributed by atoms with Gasteiger partial charge in [0.15, 0.2) is 5.78 Å². The summed E-state index contributed by atoms with van der Waals surface area (Å²) in [4.78, 5) is 29.1. The lowest BCUT2D eigenvalue weighted by atomic mass is 9.90. The number of aromatic nitrogens is 1. The predicted molar refractivity (Wildman–Crippen MR) is 103 cm³/mol. The molecule has 0 fully saturated rings. The number of halogens is 1. The number of hydrogen-bond donors (Lipinski definition) is 2. The van der Waals surface area contributed by atoms with Crippen molar-refractivity contribution < 1.29 is 9.59 Å². The van der Waals surface area contributed by atoms with Crippen LogP contribution < -0.4 is 10.6 Å². The molecule has 0 aliphatic rings. The number of hydrogen-bond acceptors (Lipinski definition) is 4. The molecular weight excluding hydrogens is 382 g/mol. The fraction of sp³-hybridized carbons (Fsp3) is 0.211. The van der Waals surface area contributed by atoms with E-state index in [0.29, 0.717) is 11.5 Å². The van der Waals surface area contributed by atoms with E-state index in [-0.39, 0.29) is 11.5 Å². The summed E-state index contributed by atoms with van der Waals surface area (Å²) >= 11 is 3.43. The van der Waals surface area contributed by atoms with Gasteiger partial charge in [0.2, 0.25) is 0 Å². The van der Waals surface area contributed by atoms with Gasteiger partial charge in [-0.05, 0) is 40.2 Å². The number of benzene rings is 1. The van der Waals surface area contributed by atoms with Gasteiger partial charge in [0.05, 0.1) is 5.69 Å². The van der Waals surface area contributed by atoms with Crippen molar-refractivity contribution in [1.82, 2.24) is 4.98 Å². The Balaban J connectivity index is 2.31. The number of ketones is 1. The molecule has 6 heteroatoms. The Labute approximate surface area is 155 Å². The van der Waals surface area contributed by atoms with Crippen molar-refractivity contribution in [3.05, 3.63) is 64.9 Å². The summed E-state index contributed by atoms with van der Waals surface area (Å²) in [5.41, 5.74) is 0.246. The molecule has 2 aromatic rings. The van der Waals surface area contributed by atoms with Gasteiger partial charge < -0.3 is 10.6 Å². The highest BCUT2D eigenvalue weighted by Gasteiger charge is 2.22. The quantitative estimate of drug-likeness (QED) is 0.728. The van der Waals surface area contributed by atoms with E-state index in [1.807, 2.05) is 24.3 Å². The molecule has 0 saturated heterocycles. The van der Waals surface area contributed by atoms with Crippen LogP contribution in [-0.2, 0) is 9.59 Å². The third-order valence-electron chi connectivity index (χ3n) is 3.31. The Morgan fingerprint density at radius 1 is 1.04 bits per heavy atom. The molecule has 5 nitrogen and oxygen atoms in total. The highest BCUT2D eigenvalue weighted by molar-refractivity contribution is 9.10. The lowest BCUT2D eigenvalue weighted by Gasteiger charge is -2.17. The molecule has 2 N–H and O–H groups in total. The minimum atomic E-state index is -0.591. The van der Waals surface area contributed by atoms with Gasteiger partial charge in [-0.1, -0.05) is 39.0 Å². The van der Waals surface area contributed by atoms with Crippen molar-refractivity contribution in [1.29, 1.82) is 0 Å². The highest BCUT2D eigenvalue weighted by Crippen LogP contribution is 2.24.